The summed E-state index contributed by atoms with van der Waals surface area (Å²) in [5, 5.41) is 10.2. The van der Waals surface area contributed by atoms with Gasteiger partial charge >= 0.3 is 5.97 Å². The normalized spacial score (nSPS) is 15.0. The van der Waals surface area contributed by atoms with Gasteiger partial charge in [-0.05, 0) is 74.4 Å². The van der Waals surface area contributed by atoms with Gasteiger partial charge in [0.15, 0.2) is 0 Å². The van der Waals surface area contributed by atoms with E-state index < -0.39 is 5.97 Å². The molecule has 32 heavy (non-hydrogen) atoms. The zero-order valence-electron chi connectivity index (χ0n) is 19.4. The summed E-state index contributed by atoms with van der Waals surface area (Å²) in [5.41, 5.74) is 2.45. The molecule has 0 fully saturated rings. The van der Waals surface area contributed by atoms with Crippen molar-refractivity contribution < 1.29 is 14.6 Å². The summed E-state index contributed by atoms with van der Waals surface area (Å²) in [4.78, 5) is 13.8. The first-order valence-electron chi connectivity index (χ1n) is 11.7. The summed E-state index contributed by atoms with van der Waals surface area (Å²) in [7, 11) is 0. The SMILES string of the molecule is C=CCCCCN1CC(CCCc2cccc(Cl)c2)COc2ccc(C(=O)O)cc21.CC. The Hall–Kier alpha value is -2.46. The third kappa shape index (κ3) is 7.90. The van der Waals surface area contributed by atoms with Crippen molar-refractivity contribution in [2.45, 2.75) is 52.4 Å². The maximum absolute atomic E-state index is 11.5. The van der Waals surface area contributed by atoms with Gasteiger partial charge in [-0.1, -0.05) is 43.7 Å². The van der Waals surface area contributed by atoms with Crippen molar-refractivity contribution in [1.29, 1.82) is 0 Å². The predicted octanol–water partition coefficient (Wildman–Crippen LogP) is 7.26. The second-order valence-corrected chi connectivity index (χ2v) is 8.35. The number of ether oxygens (including phenoxy) is 1. The molecule has 0 saturated heterocycles. The van der Waals surface area contributed by atoms with Gasteiger partial charge in [0.1, 0.15) is 5.75 Å². The molecule has 174 valence electrons. The highest BCUT2D eigenvalue weighted by Crippen LogP contribution is 2.34. The molecular weight excluding hydrogens is 422 g/mol. The Bertz CT molecular complexity index is 868. The summed E-state index contributed by atoms with van der Waals surface area (Å²) >= 11 is 6.10. The van der Waals surface area contributed by atoms with Crippen LogP contribution < -0.4 is 9.64 Å². The number of rotatable bonds is 10. The quantitative estimate of drug-likeness (QED) is 0.301. The van der Waals surface area contributed by atoms with Crippen LogP contribution in [0.5, 0.6) is 5.75 Å². The lowest BCUT2D eigenvalue weighted by Gasteiger charge is -2.26. The number of carbonyl (C=O) groups is 1. The second-order valence-electron chi connectivity index (χ2n) is 7.92. The highest BCUT2D eigenvalue weighted by molar-refractivity contribution is 6.30. The largest absolute Gasteiger partial charge is 0.491 e. The average Bonchev–Trinajstić information content (AvgIpc) is 2.97. The van der Waals surface area contributed by atoms with Gasteiger partial charge in [0.25, 0.3) is 0 Å². The number of aromatic carboxylic acids is 1. The van der Waals surface area contributed by atoms with Gasteiger partial charge in [0.05, 0.1) is 17.9 Å². The number of hydrogen-bond donors (Lipinski definition) is 1. The number of carboxylic acids is 1. The van der Waals surface area contributed by atoms with Crippen molar-refractivity contribution in [1.82, 2.24) is 0 Å². The van der Waals surface area contributed by atoms with Crippen LogP contribution in [-0.2, 0) is 6.42 Å². The Kier molecular flexibility index (Phi) is 11.2. The number of allylic oxidation sites excluding steroid dienone is 1. The predicted molar refractivity (Wildman–Crippen MR) is 134 cm³/mol. The van der Waals surface area contributed by atoms with E-state index in [0.29, 0.717) is 18.1 Å². The minimum atomic E-state index is -0.910. The number of fused-ring (bicyclic) bond motifs is 1. The standard InChI is InChI=1S/C25H30ClNO3.C2H6/c1-2-3-4-5-14-27-17-20(10-6-8-19-9-7-11-22(26)15-19)18-30-24-13-12-21(25(28)29)16-23(24)27;1-2/h2,7,9,11-13,15-16,20H,1,3-6,8,10,14,17-18H2,(H,28,29);1-2H3. The number of halogens is 1. The first-order chi connectivity index (χ1) is 15.6. The van der Waals surface area contributed by atoms with Gasteiger partial charge in [0.2, 0.25) is 0 Å². The van der Waals surface area contributed by atoms with E-state index in [4.69, 9.17) is 16.3 Å². The Morgan fingerprint density at radius 1 is 1.22 bits per heavy atom. The van der Waals surface area contributed by atoms with Crippen LogP contribution in [-0.4, -0.2) is 30.8 Å². The monoisotopic (exact) mass is 457 g/mol. The molecule has 0 spiro atoms. The zero-order valence-corrected chi connectivity index (χ0v) is 20.1. The molecule has 0 aliphatic carbocycles. The lowest BCUT2D eigenvalue weighted by molar-refractivity contribution is 0.0697. The van der Waals surface area contributed by atoms with E-state index in [1.807, 2.05) is 38.1 Å². The number of carboxylic acid groups (broad SMARTS) is 1. The maximum Gasteiger partial charge on any atom is 0.335 e. The van der Waals surface area contributed by atoms with Gasteiger partial charge in [-0.15, -0.1) is 6.58 Å². The molecule has 1 aliphatic rings. The lowest BCUT2D eigenvalue weighted by Crippen LogP contribution is -2.31. The van der Waals surface area contributed by atoms with E-state index in [9.17, 15) is 9.90 Å². The fourth-order valence-corrected chi connectivity index (χ4v) is 4.17. The average molecular weight is 458 g/mol. The van der Waals surface area contributed by atoms with E-state index in [1.54, 1.807) is 18.2 Å². The fraction of sp³-hybridized carbons (Fsp3) is 0.444. The third-order valence-electron chi connectivity index (χ3n) is 5.55. The van der Waals surface area contributed by atoms with Crippen molar-refractivity contribution in [3.8, 4) is 5.75 Å². The summed E-state index contributed by atoms with van der Waals surface area (Å²) in [6.07, 6.45) is 8.17. The van der Waals surface area contributed by atoms with Crippen molar-refractivity contribution in [2.75, 3.05) is 24.6 Å². The number of anilines is 1. The summed E-state index contributed by atoms with van der Waals surface area (Å²) < 4.78 is 6.10. The van der Waals surface area contributed by atoms with Gasteiger partial charge in [-0.25, -0.2) is 4.79 Å². The van der Waals surface area contributed by atoms with Crippen molar-refractivity contribution >= 4 is 23.3 Å². The van der Waals surface area contributed by atoms with Crippen molar-refractivity contribution in [3.63, 3.8) is 0 Å². The topological polar surface area (TPSA) is 49.8 Å². The first kappa shape index (κ1) is 25.8. The first-order valence-corrected chi connectivity index (χ1v) is 12.0. The third-order valence-corrected chi connectivity index (χ3v) is 5.79. The molecule has 2 aromatic carbocycles. The van der Waals surface area contributed by atoms with Crippen LogP contribution in [0, 0.1) is 5.92 Å². The summed E-state index contributed by atoms with van der Waals surface area (Å²) in [6.45, 7) is 10.2. The Morgan fingerprint density at radius 2 is 2.03 bits per heavy atom. The van der Waals surface area contributed by atoms with Crippen LogP contribution in [0.15, 0.2) is 55.1 Å². The van der Waals surface area contributed by atoms with Crippen LogP contribution in [0.4, 0.5) is 5.69 Å². The van der Waals surface area contributed by atoms with Gasteiger partial charge in [0, 0.05) is 24.0 Å². The minimum Gasteiger partial charge on any atom is -0.491 e. The molecule has 0 amide bonds. The van der Waals surface area contributed by atoms with E-state index in [1.165, 1.54) is 5.56 Å². The molecule has 1 N–H and O–H groups in total. The number of benzene rings is 2. The highest BCUT2D eigenvalue weighted by Gasteiger charge is 2.24. The summed E-state index contributed by atoms with van der Waals surface area (Å²) in [6, 6.07) is 13.2. The van der Waals surface area contributed by atoms with Crippen molar-refractivity contribution in [3.05, 3.63) is 71.3 Å². The number of nitrogens with zero attached hydrogens (tertiary/aromatic N) is 1. The molecule has 1 heterocycles. The number of aryl methyl sites for hydroxylation is 1. The van der Waals surface area contributed by atoms with Crippen LogP contribution in [0.3, 0.4) is 0 Å². The maximum atomic E-state index is 11.5. The molecule has 1 aliphatic heterocycles. The molecular formula is C27H36ClNO3. The van der Waals surface area contributed by atoms with Crippen LogP contribution >= 0.6 is 11.6 Å². The van der Waals surface area contributed by atoms with Gasteiger partial charge < -0.3 is 14.7 Å². The molecule has 2 aromatic rings. The molecule has 4 nitrogen and oxygen atoms in total. The number of hydrogen-bond acceptors (Lipinski definition) is 3. The molecule has 0 aromatic heterocycles. The fourth-order valence-electron chi connectivity index (χ4n) is 3.95. The highest BCUT2D eigenvalue weighted by atomic mass is 35.5. The smallest absolute Gasteiger partial charge is 0.335 e. The second kappa shape index (κ2) is 13.8. The van der Waals surface area contributed by atoms with Crippen LogP contribution in [0.1, 0.15) is 61.9 Å². The Balaban J connectivity index is 0.00000176. The van der Waals surface area contributed by atoms with E-state index in [-0.39, 0.29) is 0 Å². The molecule has 0 bridgehead atoms. The summed E-state index contributed by atoms with van der Waals surface area (Å²) in [5.74, 6) is 0.261. The minimum absolute atomic E-state index is 0.299. The molecule has 3 rings (SSSR count). The van der Waals surface area contributed by atoms with Gasteiger partial charge in [-0.2, -0.15) is 0 Å². The molecule has 0 saturated carbocycles. The van der Waals surface area contributed by atoms with Crippen molar-refractivity contribution in [2.24, 2.45) is 5.92 Å². The molecule has 0 radical (unpaired) electrons. The Morgan fingerprint density at radius 3 is 2.75 bits per heavy atom. The van der Waals surface area contributed by atoms with E-state index >= 15 is 0 Å². The van der Waals surface area contributed by atoms with E-state index in [0.717, 1.165) is 68.1 Å². The lowest BCUT2D eigenvalue weighted by atomic mass is 9.99. The van der Waals surface area contributed by atoms with Gasteiger partial charge in [-0.3, -0.25) is 0 Å². The zero-order chi connectivity index (χ0) is 23.3. The van der Waals surface area contributed by atoms with Crippen LogP contribution in [0.2, 0.25) is 5.02 Å². The number of unbranched alkanes of at least 4 members (excludes halogenated alkanes) is 2. The molecule has 1 atom stereocenters. The molecule has 5 heteroatoms. The van der Waals surface area contributed by atoms with Crippen LogP contribution in [0.25, 0.3) is 0 Å². The Labute approximate surface area is 197 Å². The molecule has 1 unspecified atom stereocenters. The van der Waals surface area contributed by atoms with E-state index in [2.05, 4.69) is 17.5 Å².